The minimum atomic E-state index is -0.264. The summed E-state index contributed by atoms with van der Waals surface area (Å²) < 4.78 is 15.8. The summed E-state index contributed by atoms with van der Waals surface area (Å²) in [5.41, 5.74) is 2.83. The van der Waals surface area contributed by atoms with Crippen LogP contribution in [-0.2, 0) is 13.1 Å². The van der Waals surface area contributed by atoms with Crippen molar-refractivity contribution >= 4 is 17.4 Å². The highest BCUT2D eigenvalue weighted by atomic mass is 35.5. The molecular formula is C25H25ClFN7. The second-order valence-corrected chi connectivity index (χ2v) is 10.4. The van der Waals surface area contributed by atoms with Gasteiger partial charge >= 0.3 is 0 Å². The fourth-order valence-corrected chi connectivity index (χ4v) is 5.92. The van der Waals surface area contributed by atoms with Gasteiger partial charge in [0.15, 0.2) is 5.82 Å². The molecule has 1 saturated carbocycles. The van der Waals surface area contributed by atoms with Gasteiger partial charge < -0.3 is 4.90 Å². The van der Waals surface area contributed by atoms with E-state index in [1.54, 1.807) is 13.0 Å². The van der Waals surface area contributed by atoms with E-state index in [1.807, 2.05) is 25.1 Å². The SMILES string of the molecule is Cc1nc(N2CC3(CC(c4nnc5n4-c4ccc(Cl)cc4CN(C(C)C#N)C5)C3)C2)ccc1F. The number of hydrogen-bond donors (Lipinski definition) is 0. The van der Waals surface area contributed by atoms with Crippen LogP contribution < -0.4 is 4.90 Å². The first-order valence-electron chi connectivity index (χ1n) is 11.6. The summed E-state index contributed by atoms with van der Waals surface area (Å²) in [6.45, 7) is 6.68. The molecule has 1 unspecified atom stereocenters. The van der Waals surface area contributed by atoms with Crippen LogP contribution in [0.5, 0.6) is 0 Å². The Bertz CT molecular complexity index is 1320. The van der Waals surface area contributed by atoms with Crippen LogP contribution in [0.1, 0.15) is 48.6 Å². The number of benzene rings is 1. The van der Waals surface area contributed by atoms with Crippen molar-refractivity contribution in [1.82, 2.24) is 24.6 Å². The van der Waals surface area contributed by atoms with Gasteiger partial charge in [0.05, 0.1) is 30.0 Å². The number of fused-ring (bicyclic) bond motifs is 3. The lowest BCUT2D eigenvalue weighted by molar-refractivity contribution is 0.0581. The fourth-order valence-electron chi connectivity index (χ4n) is 5.73. The molecule has 0 N–H and O–H groups in total. The third kappa shape index (κ3) is 3.38. The Balaban J connectivity index is 1.24. The van der Waals surface area contributed by atoms with Crippen molar-refractivity contribution in [3.63, 3.8) is 0 Å². The molecule has 174 valence electrons. The molecule has 4 heterocycles. The van der Waals surface area contributed by atoms with Gasteiger partial charge in [-0.05, 0) is 62.6 Å². The molecule has 2 fully saturated rings. The van der Waals surface area contributed by atoms with Crippen LogP contribution in [0.4, 0.5) is 10.2 Å². The van der Waals surface area contributed by atoms with E-state index in [2.05, 4.69) is 35.6 Å². The summed E-state index contributed by atoms with van der Waals surface area (Å²) >= 11 is 6.32. The van der Waals surface area contributed by atoms with Gasteiger partial charge in [-0.1, -0.05) is 11.6 Å². The summed E-state index contributed by atoms with van der Waals surface area (Å²) in [6.07, 6.45) is 2.09. The maximum atomic E-state index is 13.6. The first-order valence-corrected chi connectivity index (χ1v) is 12.0. The first-order chi connectivity index (χ1) is 16.4. The second kappa shape index (κ2) is 7.76. The molecule has 6 rings (SSSR count). The lowest BCUT2D eigenvalue weighted by Gasteiger charge is -2.59. The van der Waals surface area contributed by atoms with E-state index in [-0.39, 0.29) is 17.3 Å². The minimum absolute atomic E-state index is 0.241. The Morgan fingerprint density at radius 3 is 2.71 bits per heavy atom. The van der Waals surface area contributed by atoms with E-state index in [0.717, 1.165) is 54.6 Å². The number of pyridine rings is 1. The summed E-state index contributed by atoms with van der Waals surface area (Å²) in [5, 5.41) is 19.4. The fraction of sp³-hybridized carbons (Fsp3) is 0.440. The van der Waals surface area contributed by atoms with Crippen molar-refractivity contribution in [2.75, 3.05) is 18.0 Å². The smallest absolute Gasteiger partial charge is 0.151 e. The van der Waals surface area contributed by atoms with Crippen LogP contribution in [0.15, 0.2) is 30.3 Å². The molecule has 2 aromatic heterocycles. The second-order valence-electron chi connectivity index (χ2n) is 9.99. The van der Waals surface area contributed by atoms with Gasteiger partial charge in [0.25, 0.3) is 0 Å². The standard InChI is InChI=1S/C25H25ClFN7/c1-15(10-28)32-11-17-7-19(26)3-5-21(17)34-23(12-32)30-31-24(34)18-8-25(9-18)13-33(14-25)22-6-4-20(27)16(2)29-22/h3-7,15,18H,8-9,11-14H2,1-2H3. The van der Waals surface area contributed by atoms with Gasteiger partial charge in [-0.15, -0.1) is 10.2 Å². The molecule has 0 radical (unpaired) electrons. The molecule has 1 saturated heterocycles. The van der Waals surface area contributed by atoms with Gasteiger partial charge in [0.2, 0.25) is 0 Å². The Morgan fingerprint density at radius 2 is 1.97 bits per heavy atom. The zero-order chi connectivity index (χ0) is 23.6. The Labute approximate surface area is 202 Å². The highest BCUT2D eigenvalue weighted by Crippen LogP contribution is 2.56. The molecule has 1 aromatic carbocycles. The average molecular weight is 478 g/mol. The Kier molecular flexibility index (Phi) is 4.91. The highest BCUT2D eigenvalue weighted by molar-refractivity contribution is 6.30. The molecule has 0 bridgehead atoms. The molecular weight excluding hydrogens is 453 g/mol. The topological polar surface area (TPSA) is 73.9 Å². The van der Waals surface area contributed by atoms with E-state index in [1.165, 1.54) is 6.07 Å². The van der Waals surface area contributed by atoms with Crippen LogP contribution in [0.25, 0.3) is 5.69 Å². The summed E-state index contributed by atoms with van der Waals surface area (Å²) in [7, 11) is 0. The molecule has 1 spiro atoms. The molecule has 3 aliphatic rings. The van der Waals surface area contributed by atoms with Crippen LogP contribution in [-0.4, -0.2) is 43.8 Å². The molecule has 7 nitrogen and oxygen atoms in total. The van der Waals surface area contributed by atoms with E-state index in [9.17, 15) is 9.65 Å². The van der Waals surface area contributed by atoms with E-state index in [0.29, 0.717) is 29.7 Å². The molecule has 9 heteroatoms. The maximum absolute atomic E-state index is 13.6. The van der Waals surface area contributed by atoms with Gasteiger partial charge in [0.1, 0.15) is 17.5 Å². The Morgan fingerprint density at radius 1 is 1.18 bits per heavy atom. The van der Waals surface area contributed by atoms with Crippen molar-refractivity contribution in [2.45, 2.75) is 51.7 Å². The van der Waals surface area contributed by atoms with Crippen molar-refractivity contribution in [3.8, 4) is 11.8 Å². The Hall–Kier alpha value is -3.02. The van der Waals surface area contributed by atoms with Crippen molar-refractivity contribution in [2.24, 2.45) is 5.41 Å². The minimum Gasteiger partial charge on any atom is -0.355 e. The number of halogens is 2. The quantitative estimate of drug-likeness (QED) is 0.557. The summed E-state index contributed by atoms with van der Waals surface area (Å²) in [6, 6.07) is 11.3. The maximum Gasteiger partial charge on any atom is 0.151 e. The third-order valence-electron chi connectivity index (χ3n) is 7.60. The van der Waals surface area contributed by atoms with Crippen LogP contribution in [0.3, 0.4) is 0 Å². The van der Waals surface area contributed by atoms with E-state index >= 15 is 0 Å². The summed E-state index contributed by atoms with van der Waals surface area (Å²) in [4.78, 5) is 8.74. The van der Waals surface area contributed by atoms with Gasteiger partial charge in [0, 0.05) is 36.0 Å². The lowest BCUT2D eigenvalue weighted by atomic mass is 9.57. The molecule has 1 atom stereocenters. The molecule has 2 aliphatic heterocycles. The number of nitriles is 1. The van der Waals surface area contributed by atoms with Gasteiger partial charge in [-0.25, -0.2) is 9.37 Å². The zero-order valence-corrected chi connectivity index (χ0v) is 19.9. The molecule has 34 heavy (non-hydrogen) atoms. The van der Waals surface area contributed by atoms with Gasteiger partial charge in [-0.3, -0.25) is 9.47 Å². The van der Waals surface area contributed by atoms with Gasteiger partial charge in [-0.2, -0.15) is 5.26 Å². The number of aryl methyl sites for hydroxylation is 1. The van der Waals surface area contributed by atoms with E-state index in [4.69, 9.17) is 11.6 Å². The molecule has 1 aliphatic carbocycles. The predicted molar refractivity (Wildman–Crippen MR) is 126 cm³/mol. The predicted octanol–water partition coefficient (Wildman–Crippen LogP) is 4.37. The number of anilines is 1. The average Bonchev–Trinajstić information content (AvgIpc) is 3.08. The zero-order valence-electron chi connectivity index (χ0n) is 19.2. The van der Waals surface area contributed by atoms with Crippen LogP contribution in [0.2, 0.25) is 5.02 Å². The normalized spacial score (nSPS) is 20.0. The summed E-state index contributed by atoms with van der Waals surface area (Å²) in [5.74, 6) is 2.77. The lowest BCUT2D eigenvalue weighted by Crippen LogP contribution is -2.62. The van der Waals surface area contributed by atoms with E-state index < -0.39 is 0 Å². The number of rotatable bonds is 3. The number of aromatic nitrogens is 4. The number of nitrogens with zero attached hydrogens (tertiary/aromatic N) is 7. The van der Waals surface area contributed by atoms with Crippen LogP contribution >= 0.6 is 11.6 Å². The third-order valence-corrected chi connectivity index (χ3v) is 7.83. The van der Waals surface area contributed by atoms with Crippen LogP contribution in [0, 0.1) is 29.5 Å². The molecule has 3 aromatic rings. The monoisotopic (exact) mass is 477 g/mol. The highest BCUT2D eigenvalue weighted by Gasteiger charge is 2.54. The largest absolute Gasteiger partial charge is 0.355 e. The molecule has 0 amide bonds. The van der Waals surface area contributed by atoms with Crippen molar-refractivity contribution < 1.29 is 4.39 Å². The van der Waals surface area contributed by atoms with Crippen molar-refractivity contribution in [1.29, 1.82) is 5.26 Å². The number of hydrogen-bond acceptors (Lipinski definition) is 6. The van der Waals surface area contributed by atoms with Crippen molar-refractivity contribution in [3.05, 3.63) is 64.1 Å². The first kappa shape index (κ1) is 21.5.